The van der Waals surface area contributed by atoms with E-state index in [9.17, 15) is 4.79 Å². The van der Waals surface area contributed by atoms with E-state index >= 15 is 0 Å². The van der Waals surface area contributed by atoms with Gasteiger partial charge in [0.15, 0.2) is 0 Å². The third-order valence-electron chi connectivity index (χ3n) is 5.56. The normalized spacial score (nSPS) is 12.4. The average molecular weight is 380 g/mol. The summed E-state index contributed by atoms with van der Waals surface area (Å²) in [5.41, 5.74) is 8.53. The summed E-state index contributed by atoms with van der Waals surface area (Å²) in [4.78, 5) is 16.9. The highest BCUT2D eigenvalue weighted by Gasteiger charge is 2.20. The number of hydrogen-bond acceptors (Lipinski definition) is 3. The molecule has 3 rings (SSSR count). The predicted octanol–water partition coefficient (Wildman–Crippen LogP) is 4.14. The van der Waals surface area contributed by atoms with Gasteiger partial charge in [0.1, 0.15) is 12.4 Å². The van der Waals surface area contributed by atoms with E-state index in [-0.39, 0.29) is 18.6 Å². The standard InChI is InChI=1S/C23H29N3O2/c1-14-11-15(2)17(4)19(16(14)3)12-26-21-10-8-7-9-20(21)25-23(26)18(5)24-22(27)13-28-6/h7-11,18H,12-13H2,1-6H3,(H,24,27). The molecule has 0 bridgehead atoms. The van der Waals surface area contributed by atoms with Gasteiger partial charge >= 0.3 is 0 Å². The second-order valence-corrected chi connectivity index (χ2v) is 7.51. The van der Waals surface area contributed by atoms with Crippen molar-refractivity contribution in [2.45, 2.75) is 47.2 Å². The lowest BCUT2D eigenvalue weighted by molar-refractivity contribution is -0.125. The topological polar surface area (TPSA) is 56.1 Å². The number of aromatic nitrogens is 2. The average Bonchev–Trinajstić information content (AvgIpc) is 3.02. The lowest BCUT2D eigenvalue weighted by Gasteiger charge is -2.20. The molecule has 1 heterocycles. The van der Waals surface area contributed by atoms with Crippen LogP contribution in [0, 0.1) is 27.7 Å². The van der Waals surface area contributed by atoms with Gasteiger partial charge in [-0.05, 0) is 74.6 Å². The first-order chi connectivity index (χ1) is 13.3. The third-order valence-corrected chi connectivity index (χ3v) is 5.56. The molecule has 0 spiro atoms. The number of nitrogens with one attached hydrogen (secondary N) is 1. The fourth-order valence-electron chi connectivity index (χ4n) is 3.76. The summed E-state index contributed by atoms with van der Waals surface area (Å²) in [6, 6.07) is 10.1. The molecule has 0 aliphatic heterocycles. The minimum atomic E-state index is -0.221. The number of rotatable bonds is 6. The smallest absolute Gasteiger partial charge is 0.246 e. The first-order valence-electron chi connectivity index (χ1n) is 9.63. The van der Waals surface area contributed by atoms with Gasteiger partial charge in [-0.15, -0.1) is 0 Å². The molecule has 5 nitrogen and oxygen atoms in total. The van der Waals surface area contributed by atoms with E-state index in [2.05, 4.69) is 49.7 Å². The van der Waals surface area contributed by atoms with Crippen molar-refractivity contribution in [2.24, 2.45) is 0 Å². The number of imidazole rings is 1. The number of amides is 1. The number of nitrogens with zero attached hydrogens (tertiary/aromatic N) is 2. The third kappa shape index (κ3) is 3.80. The Hall–Kier alpha value is -2.66. The van der Waals surface area contributed by atoms with Crippen molar-refractivity contribution in [3.05, 3.63) is 64.0 Å². The Morgan fingerprint density at radius 2 is 1.79 bits per heavy atom. The van der Waals surface area contributed by atoms with Crippen molar-refractivity contribution in [1.29, 1.82) is 0 Å². The van der Waals surface area contributed by atoms with E-state index < -0.39 is 0 Å². The fourth-order valence-corrected chi connectivity index (χ4v) is 3.76. The van der Waals surface area contributed by atoms with Crippen LogP contribution in [0.1, 0.15) is 46.6 Å². The molecular formula is C23H29N3O2. The number of para-hydroxylation sites is 2. The zero-order valence-corrected chi connectivity index (χ0v) is 17.6. The van der Waals surface area contributed by atoms with Gasteiger partial charge in [-0.1, -0.05) is 18.2 Å². The molecule has 0 saturated heterocycles. The van der Waals surface area contributed by atoms with Crippen molar-refractivity contribution in [3.8, 4) is 0 Å². The number of fused-ring (bicyclic) bond motifs is 1. The van der Waals surface area contributed by atoms with Crippen molar-refractivity contribution in [3.63, 3.8) is 0 Å². The highest BCUT2D eigenvalue weighted by Crippen LogP contribution is 2.27. The zero-order chi connectivity index (χ0) is 20.4. The molecular weight excluding hydrogens is 350 g/mol. The minimum Gasteiger partial charge on any atom is -0.375 e. The van der Waals surface area contributed by atoms with Crippen LogP contribution >= 0.6 is 0 Å². The lowest BCUT2D eigenvalue weighted by Crippen LogP contribution is -2.31. The van der Waals surface area contributed by atoms with Crippen LogP contribution < -0.4 is 5.32 Å². The van der Waals surface area contributed by atoms with Gasteiger partial charge in [-0.2, -0.15) is 0 Å². The maximum absolute atomic E-state index is 12.0. The molecule has 1 aromatic heterocycles. The van der Waals surface area contributed by atoms with Crippen LogP contribution in [0.2, 0.25) is 0 Å². The van der Waals surface area contributed by atoms with Crippen molar-refractivity contribution in [1.82, 2.24) is 14.9 Å². The van der Waals surface area contributed by atoms with Gasteiger partial charge in [0.25, 0.3) is 0 Å². The van der Waals surface area contributed by atoms with Crippen molar-refractivity contribution >= 4 is 16.9 Å². The monoisotopic (exact) mass is 379 g/mol. The van der Waals surface area contributed by atoms with E-state index in [1.807, 2.05) is 25.1 Å². The second kappa shape index (κ2) is 8.15. The zero-order valence-electron chi connectivity index (χ0n) is 17.6. The molecule has 5 heteroatoms. The largest absolute Gasteiger partial charge is 0.375 e. The highest BCUT2D eigenvalue weighted by atomic mass is 16.5. The number of methoxy groups -OCH3 is 1. The molecule has 1 atom stereocenters. The molecule has 2 aromatic carbocycles. The first kappa shape index (κ1) is 20.1. The summed E-state index contributed by atoms with van der Waals surface area (Å²) in [6.07, 6.45) is 0. The van der Waals surface area contributed by atoms with Crippen LogP contribution in [0.3, 0.4) is 0 Å². The first-order valence-corrected chi connectivity index (χ1v) is 9.63. The van der Waals surface area contributed by atoms with Gasteiger partial charge in [-0.25, -0.2) is 4.98 Å². The summed E-state index contributed by atoms with van der Waals surface area (Å²) in [5.74, 6) is 0.705. The summed E-state index contributed by atoms with van der Waals surface area (Å²) >= 11 is 0. The summed E-state index contributed by atoms with van der Waals surface area (Å²) in [7, 11) is 1.52. The number of aryl methyl sites for hydroxylation is 2. The maximum atomic E-state index is 12.0. The summed E-state index contributed by atoms with van der Waals surface area (Å²) < 4.78 is 7.17. The van der Waals surface area contributed by atoms with Crippen LogP contribution in [0.25, 0.3) is 11.0 Å². The van der Waals surface area contributed by atoms with E-state index in [1.54, 1.807) is 0 Å². The number of hydrogen-bond donors (Lipinski definition) is 1. The number of ether oxygens (including phenoxy) is 1. The molecule has 0 aliphatic carbocycles. The van der Waals surface area contributed by atoms with Crippen LogP contribution in [0.5, 0.6) is 0 Å². The maximum Gasteiger partial charge on any atom is 0.246 e. The lowest BCUT2D eigenvalue weighted by atomic mass is 9.94. The quantitative estimate of drug-likeness (QED) is 0.700. The Bertz CT molecular complexity index is 994. The Morgan fingerprint density at radius 3 is 2.43 bits per heavy atom. The van der Waals surface area contributed by atoms with E-state index in [0.717, 1.165) is 23.4 Å². The molecule has 1 N–H and O–H groups in total. The SMILES string of the molecule is COCC(=O)NC(C)c1nc2ccccc2n1Cc1c(C)c(C)cc(C)c1C. The van der Waals surface area contributed by atoms with Crippen LogP contribution in [0.15, 0.2) is 30.3 Å². The number of carbonyl (C=O) groups excluding carboxylic acids is 1. The Labute approximate surface area is 166 Å². The van der Waals surface area contributed by atoms with Crippen molar-refractivity contribution < 1.29 is 9.53 Å². The van der Waals surface area contributed by atoms with Gasteiger partial charge in [0.05, 0.1) is 17.1 Å². The van der Waals surface area contributed by atoms with Crippen molar-refractivity contribution in [2.75, 3.05) is 13.7 Å². The van der Waals surface area contributed by atoms with Gasteiger partial charge in [0, 0.05) is 13.7 Å². The summed E-state index contributed by atoms with van der Waals surface area (Å²) in [5, 5.41) is 2.99. The Balaban J connectivity index is 2.09. The summed E-state index contributed by atoms with van der Waals surface area (Å²) in [6.45, 7) is 11.4. The molecule has 0 saturated carbocycles. The molecule has 28 heavy (non-hydrogen) atoms. The molecule has 0 aliphatic rings. The molecule has 0 radical (unpaired) electrons. The number of benzene rings is 2. The molecule has 1 amide bonds. The van der Waals surface area contributed by atoms with Crippen LogP contribution in [0.4, 0.5) is 0 Å². The van der Waals surface area contributed by atoms with Gasteiger partial charge in [-0.3, -0.25) is 4.79 Å². The molecule has 0 fully saturated rings. The highest BCUT2D eigenvalue weighted by molar-refractivity contribution is 5.79. The number of carbonyl (C=O) groups is 1. The van der Waals surface area contributed by atoms with E-state index in [0.29, 0.717) is 0 Å². The van der Waals surface area contributed by atoms with Gasteiger partial charge in [0.2, 0.25) is 5.91 Å². The second-order valence-electron chi connectivity index (χ2n) is 7.51. The van der Waals surface area contributed by atoms with Crippen LogP contribution in [-0.2, 0) is 16.1 Å². The van der Waals surface area contributed by atoms with Gasteiger partial charge < -0.3 is 14.6 Å². The fraction of sp³-hybridized carbons (Fsp3) is 0.391. The van der Waals surface area contributed by atoms with E-state index in [4.69, 9.17) is 9.72 Å². The van der Waals surface area contributed by atoms with Crippen LogP contribution in [-0.4, -0.2) is 29.2 Å². The minimum absolute atomic E-state index is 0.0415. The Morgan fingerprint density at radius 1 is 1.14 bits per heavy atom. The molecule has 1 unspecified atom stereocenters. The molecule has 148 valence electrons. The predicted molar refractivity (Wildman–Crippen MR) is 113 cm³/mol. The Kier molecular flexibility index (Phi) is 5.84. The van der Waals surface area contributed by atoms with E-state index in [1.165, 1.54) is 34.9 Å². The molecule has 3 aromatic rings.